The normalized spacial score (nSPS) is 16.0. The average molecular weight is 360 g/mol. The van der Waals surface area contributed by atoms with Crippen molar-refractivity contribution in [2.24, 2.45) is 5.73 Å². The molecule has 1 amide bonds. The molecule has 2 aromatic rings. The lowest BCUT2D eigenvalue weighted by atomic mass is 10.2. The largest absolute Gasteiger partial charge is 0.336 e. The van der Waals surface area contributed by atoms with Crippen LogP contribution < -0.4 is 5.73 Å². The van der Waals surface area contributed by atoms with E-state index in [1.165, 1.54) is 4.31 Å². The number of piperazine rings is 1. The summed E-state index contributed by atoms with van der Waals surface area (Å²) >= 11 is 0. The zero-order valence-corrected chi connectivity index (χ0v) is 14.5. The molecule has 0 unspecified atom stereocenters. The Morgan fingerprint density at radius 3 is 2.40 bits per heavy atom. The van der Waals surface area contributed by atoms with Crippen molar-refractivity contribution in [3.8, 4) is 0 Å². The Bertz CT molecular complexity index is 847. The summed E-state index contributed by atoms with van der Waals surface area (Å²) in [6.07, 6.45) is 1.56. The molecular weight excluding hydrogens is 340 g/mol. The monoisotopic (exact) mass is 360 g/mol. The van der Waals surface area contributed by atoms with E-state index in [2.05, 4.69) is 4.98 Å². The topological polar surface area (TPSA) is 96.6 Å². The van der Waals surface area contributed by atoms with Crippen LogP contribution >= 0.6 is 0 Å². The van der Waals surface area contributed by atoms with Gasteiger partial charge in [0, 0.05) is 44.5 Å². The molecule has 0 bridgehead atoms. The Balaban J connectivity index is 1.68. The molecule has 3 rings (SSSR count). The van der Waals surface area contributed by atoms with E-state index in [9.17, 15) is 13.2 Å². The zero-order chi connectivity index (χ0) is 17.9. The molecule has 8 heteroatoms. The SMILES string of the molecule is NCc1cc(C(=O)N2CCN(S(=O)(=O)c3ccccc3)CC2)ccn1. The maximum absolute atomic E-state index is 12.6. The molecular formula is C17H20N4O3S. The predicted octanol–water partition coefficient (Wildman–Crippen LogP) is 0.687. The van der Waals surface area contributed by atoms with Crippen LogP contribution in [0.1, 0.15) is 16.1 Å². The van der Waals surface area contributed by atoms with Gasteiger partial charge in [0.1, 0.15) is 0 Å². The van der Waals surface area contributed by atoms with E-state index >= 15 is 0 Å². The fourth-order valence-electron chi connectivity index (χ4n) is 2.78. The van der Waals surface area contributed by atoms with Gasteiger partial charge in [0.25, 0.3) is 5.91 Å². The van der Waals surface area contributed by atoms with Crippen molar-refractivity contribution in [2.75, 3.05) is 26.2 Å². The summed E-state index contributed by atoms with van der Waals surface area (Å²) in [6.45, 7) is 1.52. The molecule has 0 spiro atoms. The van der Waals surface area contributed by atoms with Crippen LogP contribution in [0, 0.1) is 0 Å². The van der Waals surface area contributed by atoms with Gasteiger partial charge in [-0.3, -0.25) is 9.78 Å². The highest BCUT2D eigenvalue weighted by atomic mass is 32.2. The number of hydrogen-bond acceptors (Lipinski definition) is 5. The van der Waals surface area contributed by atoms with Crippen molar-refractivity contribution in [3.63, 3.8) is 0 Å². The molecule has 0 atom stereocenters. The molecule has 1 fully saturated rings. The van der Waals surface area contributed by atoms with Crippen LogP contribution in [0.2, 0.25) is 0 Å². The number of carbonyl (C=O) groups excluding carboxylic acids is 1. The lowest BCUT2D eigenvalue weighted by Gasteiger charge is -2.34. The molecule has 0 saturated carbocycles. The van der Waals surface area contributed by atoms with E-state index < -0.39 is 10.0 Å². The molecule has 1 saturated heterocycles. The van der Waals surface area contributed by atoms with E-state index in [-0.39, 0.29) is 30.4 Å². The number of nitrogens with zero attached hydrogens (tertiary/aromatic N) is 3. The zero-order valence-electron chi connectivity index (χ0n) is 13.7. The van der Waals surface area contributed by atoms with Crippen LogP contribution in [0.4, 0.5) is 0 Å². The first-order valence-electron chi connectivity index (χ1n) is 8.02. The van der Waals surface area contributed by atoms with E-state index in [4.69, 9.17) is 5.73 Å². The highest BCUT2D eigenvalue weighted by Gasteiger charge is 2.30. The number of aromatic nitrogens is 1. The lowest BCUT2D eigenvalue weighted by Crippen LogP contribution is -2.50. The third kappa shape index (κ3) is 3.71. The number of rotatable bonds is 4. The minimum atomic E-state index is -3.52. The van der Waals surface area contributed by atoms with Gasteiger partial charge in [-0.15, -0.1) is 0 Å². The van der Waals surface area contributed by atoms with E-state index in [0.29, 0.717) is 24.3 Å². The number of benzene rings is 1. The average Bonchev–Trinajstić information content (AvgIpc) is 2.68. The molecule has 2 heterocycles. The summed E-state index contributed by atoms with van der Waals surface area (Å²) in [5, 5.41) is 0. The summed E-state index contributed by atoms with van der Waals surface area (Å²) in [6, 6.07) is 11.7. The van der Waals surface area contributed by atoms with Gasteiger partial charge in [0.15, 0.2) is 0 Å². The molecule has 7 nitrogen and oxygen atoms in total. The second-order valence-corrected chi connectivity index (χ2v) is 7.69. The van der Waals surface area contributed by atoms with E-state index in [0.717, 1.165) is 0 Å². The Hall–Kier alpha value is -2.29. The summed E-state index contributed by atoms with van der Waals surface area (Å²) in [5.74, 6) is -0.131. The van der Waals surface area contributed by atoms with Gasteiger partial charge in [-0.25, -0.2) is 8.42 Å². The highest BCUT2D eigenvalue weighted by Crippen LogP contribution is 2.18. The minimum Gasteiger partial charge on any atom is -0.336 e. The Morgan fingerprint density at radius 2 is 1.76 bits per heavy atom. The molecule has 1 aliphatic heterocycles. The summed E-state index contributed by atoms with van der Waals surface area (Å²) in [4.78, 5) is 18.6. The summed E-state index contributed by atoms with van der Waals surface area (Å²) in [7, 11) is -3.52. The minimum absolute atomic E-state index is 0.131. The van der Waals surface area contributed by atoms with Crippen LogP contribution in [0.3, 0.4) is 0 Å². The quantitative estimate of drug-likeness (QED) is 0.865. The number of nitrogens with two attached hydrogens (primary N) is 1. The first-order valence-corrected chi connectivity index (χ1v) is 9.46. The van der Waals surface area contributed by atoms with Crippen molar-refractivity contribution in [1.82, 2.24) is 14.2 Å². The van der Waals surface area contributed by atoms with Gasteiger partial charge in [0.05, 0.1) is 10.6 Å². The van der Waals surface area contributed by atoms with Crippen molar-refractivity contribution in [2.45, 2.75) is 11.4 Å². The number of pyridine rings is 1. The highest BCUT2D eigenvalue weighted by molar-refractivity contribution is 7.89. The lowest BCUT2D eigenvalue weighted by molar-refractivity contribution is 0.0697. The van der Waals surface area contributed by atoms with Crippen LogP contribution in [0.25, 0.3) is 0 Å². The van der Waals surface area contributed by atoms with Gasteiger partial charge >= 0.3 is 0 Å². The number of sulfonamides is 1. The first-order chi connectivity index (χ1) is 12.0. The Morgan fingerprint density at radius 1 is 1.08 bits per heavy atom. The summed E-state index contributed by atoms with van der Waals surface area (Å²) < 4.78 is 26.7. The van der Waals surface area contributed by atoms with Gasteiger partial charge in [-0.05, 0) is 24.3 Å². The van der Waals surface area contributed by atoms with Crippen molar-refractivity contribution < 1.29 is 13.2 Å². The number of carbonyl (C=O) groups is 1. The Labute approximate surface area is 147 Å². The molecule has 0 aliphatic carbocycles. The van der Waals surface area contributed by atoms with Crippen LogP contribution in [0.5, 0.6) is 0 Å². The molecule has 1 aliphatic rings. The molecule has 0 radical (unpaired) electrons. The van der Waals surface area contributed by atoms with Crippen molar-refractivity contribution >= 4 is 15.9 Å². The van der Waals surface area contributed by atoms with E-state index in [1.807, 2.05) is 0 Å². The maximum Gasteiger partial charge on any atom is 0.254 e. The number of amides is 1. The maximum atomic E-state index is 12.6. The first kappa shape index (κ1) is 17.5. The molecule has 132 valence electrons. The fraction of sp³-hybridized carbons (Fsp3) is 0.294. The van der Waals surface area contributed by atoms with Crippen molar-refractivity contribution in [3.05, 3.63) is 59.9 Å². The van der Waals surface area contributed by atoms with Crippen LogP contribution in [0.15, 0.2) is 53.6 Å². The van der Waals surface area contributed by atoms with E-state index in [1.54, 1.807) is 53.6 Å². The number of hydrogen-bond donors (Lipinski definition) is 1. The summed E-state index contributed by atoms with van der Waals surface area (Å²) in [5.41, 5.74) is 6.73. The fourth-order valence-corrected chi connectivity index (χ4v) is 4.22. The van der Waals surface area contributed by atoms with Gasteiger partial charge in [-0.1, -0.05) is 18.2 Å². The second-order valence-electron chi connectivity index (χ2n) is 5.75. The van der Waals surface area contributed by atoms with Crippen molar-refractivity contribution in [1.29, 1.82) is 0 Å². The smallest absolute Gasteiger partial charge is 0.254 e. The van der Waals surface area contributed by atoms with Crippen LogP contribution in [-0.4, -0.2) is 54.7 Å². The predicted molar refractivity (Wildman–Crippen MR) is 93.2 cm³/mol. The molecule has 2 N–H and O–H groups in total. The molecule has 1 aromatic carbocycles. The standard InChI is InChI=1S/C17H20N4O3S/c18-13-15-12-14(6-7-19-15)17(22)20-8-10-21(11-9-20)25(23,24)16-4-2-1-3-5-16/h1-7,12H,8-11,13,18H2. The molecule has 1 aromatic heterocycles. The third-order valence-corrected chi connectivity index (χ3v) is 6.09. The van der Waals surface area contributed by atoms with Gasteiger partial charge in [-0.2, -0.15) is 4.31 Å². The Kier molecular flexibility index (Phi) is 5.12. The second kappa shape index (κ2) is 7.30. The third-order valence-electron chi connectivity index (χ3n) is 4.18. The van der Waals surface area contributed by atoms with Gasteiger partial charge < -0.3 is 10.6 Å². The van der Waals surface area contributed by atoms with Crippen LogP contribution in [-0.2, 0) is 16.6 Å². The molecule has 25 heavy (non-hydrogen) atoms. The van der Waals surface area contributed by atoms with Gasteiger partial charge in [0.2, 0.25) is 10.0 Å².